The monoisotopic (exact) mass is 358 g/mol. The van der Waals surface area contributed by atoms with Crippen molar-refractivity contribution in [3.63, 3.8) is 0 Å². The first-order valence-corrected chi connectivity index (χ1v) is 9.36. The fourth-order valence-electron chi connectivity index (χ4n) is 2.34. The van der Waals surface area contributed by atoms with E-state index in [0.717, 1.165) is 11.3 Å². The first-order chi connectivity index (χ1) is 11.1. The van der Waals surface area contributed by atoms with Crippen LogP contribution in [-0.2, 0) is 25.6 Å². The topological polar surface area (TPSA) is 77.0 Å². The molecule has 1 aliphatic heterocycles. The number of nitrogens with zero attached hydrogens (tertiary/aromatic N) is 1. The smallest absolute Gasteiger partial charge is 0.442 e. The van der Waals surface area contributed by atoms with Crippen molar-refractivity contribution in [2.45, 2.75) is 37.7 Å². The number of fused-ring (bicyclic) bond motifs is 1. The van der Waals surface area contributed by atoms with Crippen molar-refractivity contribution in [3.8, 4) is 0 Å². The summed E-state index contributed by atoms with van der Waals surface area (Å²) in [5, 5.41) is 3.11. The Morgan fingerprint density at radius 3 is 2.75 bits per heavy atom. The van der Waals surface area contributed by atoms with E-state index in [1.54, 1.807) is 20.8 Å². The van der Waals surface area contributed by atoms with Crippen LogP contribution in [0.2, 0.25) is 0 Å². The van der Waals surface area contributed by atoms with Crippen LogP contribution < -0.4 is 5.32 Å². The Balaban J connectivity index is 2.48. The van der Waals surface area contributed by atoms with Gasteiger partial charge in [-0.3, -0.25) is 0 Å². The lowest BCUT2D eigenvalue weighted by Crippen LogP contribution is -2.23. The van der Waals surface area contributed by atoms with Crippen molar-refractivity contribution in [3.05, 3.63) is 23.5 Å². The van der Waals surface area contributed by atoms with Crippen LogP contribution in [0.25, 0.3) is 0 Å². The van der Waals surface area contributed by atoms with Gasteiger partial charge in [-0.2, -0.15) is 0 Å². The van der Waals surface area contributed by atoms with Gasteiger partial charge in [0.2, 0.25) is 0 Å². The number of ether oxygens (including phenoxy) is 2. The number of hydrogen-bond acceptors (Lipinski definition) is 5. The Morgan fingerprint density at radius 1 is 1.42 bits per heavy atom. The molecule has 1 amide bonds. The van der Waals surface area contributed by atoms with Gasteiger partial charge < -0.3 is 14.8 Å². The Hall–Kier alpha value is -1.67. The van der Waals surface area contributed by atoms with E-state index in [4.69, 9.17) is 9.47 Å². The van der Waals surface area contributed by atoms with E-state index in [-0.39, 0.29) is 17.3 Å². The Bertz CT molecular complexity index is 749. The number of nitrogens with one attached hydrogen (secondary N) is 1. The Morgan fingerprint density at radius 2 is 2.12 bits per heavy atom. The minimum atomic E-state index is -3.34. The SMILES string of the molecule is COCCS(=O)(=NC(=O)OC(C)(C)C)c1cc2c(cc1F)CCN2. The molecule has 0 bridgehead atoms. The van der Waals surface area contributed by atoms with E-state index in [1.807, 2.05) is 0 Å². The second-order valence-electron chi connectivity index (χ2n) is 6.53. The van der Waals surface area contributed by atoms with Gasteiger partial charge in [0.1, 0.15) is 11.4 Å². The van der Waals surface area contributed by atoms with E-state index in [2.05, 4.69) is 9.68 Å². The van der Waals surface area contributed by atoms with Gasteiger partial charge in [-0.25, -0.2) is 13.4 Å². The number of rotatable bonds is 4. The third-order valence-electron chi connectivity index (χ3n) is 3.39. The molecule has 1 aliphatic rings. The number of amides is 1. The van der Waals surface area contributed by atoms with Gasteiger partial charge in [-0.15, -0.1) is 4.36 Å². The third kappa shape index (κ3) is 4.45. The summed E-state index contributed by atoms with van der Waals surface area (Å²) >= 11 is 0. The standard InChI is InChI=1S/C16H23FN2O4S/c1-16(2,3)23-15(20)19-24(21,8-7-22-4)14-10-13-11(5-6-18-13)9-12(14)17/h9-10,18H,5-8H2,1-4H3. The van der Waals surface area contributed by atoms with Crippen LogP contribution in [0.1, 0.15) is 26.3 Å². The highest BCUT2D eigenvalue weighted by atomic mass is 32.2. The lowest BCUT2D eigenvalue weighted by atomic mass is 10.2. The second kappa shape index (κ2) is 7.06. The Labute approximate surface area is 141 Å². The van der Waals surface area contributed by atoms with Crippen LogP contribution in [0.3, 0.4) is 0 Å². The van der Waals surface area contributed by atoms with Gasteiger partial charge in [0, 0.05) is 19.3 Å². The fourth-order valence-corrected chi connectivity index (χ4v) is 4.09. The van der Waals surface area contributed by atoms with Crippen molar-refractivity contribution in [2.24, 2.45) is 4.36 Å². The highest BCUT2D eigenvalue weighted by Crippen LogP contribution is 2.30. The van der Waals surface area contributed by atoms with Crippen molar-refractivity contribution in [2.75, 3.05) is 31.3 Å². The molecule has 6 nitrogen and oxygen atoms in total. The highest BCUT2D eigenvalue weighted by Gasteiger charge is 2.25. The summed E-state index contributed by atoms with van der Waals surface area (Å²) in [6, 6.07) is 2.82. The Kier molecular flexibility index (Phi) is 5.49. The molecule has 0 saturated carbocycles. The summed E-state index contributed by atoms with van der Waals surface area (Å²) in [6.45, 7) is 5.81. The zero-order valence-corrected chi connectivity index (χ0v) is 15.2. The zero-order valence-electron chi connectivity index (χ0n) is 14.3. The quantitative estimate of drug-likeness (QED) is 0.894. The number of benzene rings is 1. The molecule has 1 aromatic carbocycles. The maximum Gasteiger partial charge on any atom is 0.442 e. The van der Waals surface area contributed by atoms with E-state index < -0.39 is 27.2 Å². The number of hydrogen-bond donors (Lipinski definition) is 1. The van der Waals surface area contributed by atoms with Crippen molar-refractivity contribution in [1.82, 2.24) is 0 Å². The highest BCUT2D eigenvalue weighted by molar-refractivity contribution is 7.94. The van der Waals surface area contributed by atoms with Crippen LogP contribution >= 0.6 is 0 Å². The summed E-state index contributed by atoms with van der Waals surface area (Å²) in [4.78, 5) is 11.9. The molecule has 134 valence electrons. The molecule has 0 spiro atoms. The predicted octanol–water partition coefficient (Wildman–Crippen LogP) is 3.20. The maximum absolute atomic E-state index is 14.5. The molecule has 0 aliphatic carbocycles. The molecule has 0 fully saturated rings. The van der Waals surface area contributed by atoms with E-state index >= 15 is 0 Å². The van der Waals surface area contributed by atoms with Crippen LogP contribution in [0.15, 0.2) is 21.4 Å². The van der Waals surface area contributed by atoms with Gasteiger partial charge in [0.15, 0.2) is 0 Å². The van der Waals surface area contributed by atoms with Crippen molar-refractivity contribution < 1.29 is 22.9 Å². The number of carbonyl (C=O) groups excluding carboxylic acids is 1. The largest absolute Gasteiger partial charge is 0.442 e. The van der Waals surface area contributed by atoms with Gasteiger partial charge >= 0.3 is 6.09 Å². The molecular formula is C16H23FN2O4S. The maximum atomic E-state index is 14.5. The summed E-state index contributed by atoms with van der Waals surface area (Å²) in [5.74, 6) is -0.732. The normalized spacial score (nSPS) is 16.0. The zero-order chi connectivity index (χ0) is 18.0. The number of carbonyl (C=O) groups is 1. The number of anilines is 1. The summed E-state index contributed by atoms with van der Waals surface area (Å²) < 4.78 is 41.5. The van der Waals surface area contributed by atoms with Gasteiger partial charge in [0.25, 0.3) is 0 Å². The molecule has 0 saturated heterocycles. The minimum absolute atomic E-state index is 0.0785. The average molecular weight is 358 g/mol. The fraction of sp³-hybridized carbons (Fsp3) is 0.562. The van der Waals surface area contributed by atoms with Gasteiger partial charge in [-0.05, 0) is 44.9 Å². The molecule has 1 atom stereocenters. The van der Waals surface area contributed by atoms with Crippen molar-refractivity contribution in [1.29, 1.82) is 0 Å². The predicted molar refractivity (Wildman–Crippen MR) is 90.4 cm³/mol. The van der Waals surface area contributed by atoms with Crippen LogP contribution in [-0.4, -0.2) is 41.9 Å². The summed E-state index contributed by atoms with van der Waals surface area (Å²) in [7, 11) is -1.90. The molecule has 24 heavy (non-hydrogen) atoms. The number of methoxy groups -OCH3 is 1. The molecular weight excluding hydrogens is 335 g/mol. The molecule has 1 aromatic rings. The van der Waals surface area contributed by atoms with E-state index in [0.29, 0.717) is 13.0 Å². The molecule has 0 aromatic heterocycles. The molecule has 1 heterocycles. The molecule has 1 N–H and O–H groups in total. The van der Waals surface area contributed by atoms with Gasteiger partial charge in [0.05, 0.1) is 27.0 Å². The summed E-state index contributed by atoms with van der Waals surface area (Å²) in [5.41, 5.74) is 0.762. The van der Waals surface area contributed by atoms with E-state index in [9.17, 15) is 13.4 Å². The van der Waals surface area contributed by atoms with Gasteiger partial charge in [-0.1, -0.05) is 0 Å². The van der Waals surface area contributed by atoms with Crippen molar-refractivity contribution >= 4 is 21.5 Å². The average Bonchev–Trinajstić information content (AvgIpc) is 2.89. The molecule has 2 rings (SSSR count). The van der Waals surface area contributed by atoms with Crippen LogP contribution in [0.4, 0.5) is 14.9 Å². The second-order valence-corrected chi connectivity index (χ2v) is 8.84. The molecule has 1 unspecified atom stereocenters. The minimum Gasteiger partial charge on any atom is -0.442 e. The third-order valence-corrected chi connectivity index (χ3v) is 5.55. The van der Waals surface area contributed by atoms with Crippen LogP contribution in [0.5, 0.6) is 0 Å². The lowest BCUT2D eigenvalue weighted by Gasteiger charge is -2.18. The number of halogens is 1. The summed E-state index contributed by atoms with van der Waals surface area (Å²) in [6.07, 6.45) is -0.272. The first kappa shape index (κ1) is 18.7. The lowest BCUT2D eigenvalue weighted by molar-refractivity contribution is 0.0607. The molecule has 0 radical (unpaired) electrons. The first-order valence-electron chi connectivity index (χ1n) is 7.68. The van der Waals surface area contributed by atoms with E-state index in [1.165, 1.54) is 19.2 Å². The molecule has 8 heteroatoms. The van der Waals surface area contributed by atoms with Crippen LogP contribution in [0, 0.1) is 5.82 Å².